The van der Waals surface area contributed by atoms with E-state index in [-0.39, 0.29) is 0 Å². The van der Waals surface area contributed by atoms with Gasteiger partial charge >= 0.3 is 0 Å². The molecule has 0 aliphatic carbocycles. The molecule has 0 atom stereocenters. The van der Waals surface area contributed by atoms with E-state index < -0.39 is 0 Å². The summed E-state index contributed by atoms with van der Waals surface area (Å²) >= 11 is 7.87. The van der Waals surface area contributed by atoms with E-state index in [1.54, 1.807) is 6.07 Å². The van der Waals surface area contributed by atoms with E-state index in [2.05, 4.69) is 77.4 Å². The van der Waals surface area contributed by atoms with Gasteiger partial charge in [0.1, 0.15) is 16.0 Å². The molecule has 8 nitrogen and oxygen atoms in total. The number of halogens is 1. The van der Waals surface area contributed by atoms with Crippen LogP contribution in [-0.2, 0) is 6.42 Å². The molecule has 2 aromatic carbocycles. The molecule has 0 unspecified atom stereocenters. The Labute approximate surface area is 207 Å². The first kappa shape index (κ1) is 22.8. The zero-order valence-corrected chi connectivity index (χ0v) is 20.6. The van der Waals surface area contributed by atoms with E-state index in [1.807, 2.05) is 19.1 Å². The average molecular weight is 493 g/mol. The van der Waals surface area contributed by atoms with Gasteiger partial charge in [-0.15, -0.1) is 0 Å². The summed E-state index contributed by atoms with van der Waals surface area (Å²) in [6, 6.07) is 16.4. The number of aryl methyl sites for hydroxylation is 1. The SMILES string of the molecule is CCc1nc(Nc2nc(Cl)cc(Sc3ccc4ccccc4c3)n2)nc(N2CCN(C)CC2)n1. The van der Waals surface area contributed by atoms with Crippen molar-refractivity contribution in [3.05, 3.63) is 59.5 Å². The van der Waals surface area contributed by atoms with Crippen LogP contribution >= 0.6 is 23.4 Å². The summed E-state index contributed by atoms with van der Waals surface area (Å²) in [6.07, 6.45) is 0.706. The monoisotopic (exact) mass is 492 g/mol. The standard InChI is InChI=1S/C24H25ClN8S/c1-3-20-27-23(31-24(28-20)33-12-10-32(2)11-13-33)30-22-26-19(25)15-21(29-22)34-18-9-8-16-6-4-5-7-17(16)14-18/h4-9,14-15H,3,10-13H2,1-2H3,(H,26,27,28,29,30,31). The molecule has 174 valence electrons. The van der Waals surface area contributed by atoms with Gasteiger partial charge < -0.3 is 9.80 Å². The molecular formula is C24H25ClN8S. The van der Waals surface area contributed by atoms with Crippen LogP contribution in [0.2, 0.25) is 5.15 Å². The van der Waals surface area contributed by atoms with E-state index in [9.17, 15) is 0 Å². The van der Waals surface area contributed by atoms with Crippen molar-refractivity contribution in [1.29, 1.82) is 0 Å². The van der Waals surface area contributed by atoms with Crippen molar-refractivity contribution in [2.75, 3.05) is 43.4 Å². The Bertz CT molecular complexity index is 1310. The highest BCUT2D eigenvalue weighted by Gasteiger charge is 2.19. The zero-order valence-electron chi connectivity index (χ0n) is 19.1. The molecule has 1 saturated heterocycles. The van der Waals surface area contributed by atoms with Crippen molar-refractivity contribution in [3.8, 4) is 0 Å². The van der Waals surface area contributed by atoms with Gasteiger partial charge in [-0.05, 0) is 30.0 Å². The minimum Gasteiger partial charge on any atom is -0.338 e. The summed E-state index contributed by atoms with van der Waals surface area (Å²) in [5.41, 5.74) is 0. The highest BCUT2D eigenvalue weighted by Crippen LogP contribution is 2.31. The van der Waals surface area contributed by atoms with Crippen LogP contribution in [-0.4, -0.2) is 63.0 Å². The molecule has 1 N–H and O–H groups in total. The van der Waals surface area contributed by atoms with Gasteiger partial charge in [-0.25, -0.2) is 9.97 Å². The summed E-state index contributed by atoms with van der Waals surface area (Å²) in [5, 5.41) is 6.62. The molecule has 5 rings (SSSR count). The van der Waals surface area contributed by atoms with E-state index in [1.165, 1.54) is 22.5 Å². The maximum Gasteiger partial charge on any atom is 0.234 e. The minimum atomic E-state index is 0.352. The van der Waals surface area contributed by atoms with Crippen LogP contribution in [0.4, 0.5) is 17.8 Å². The lowest BCUT2D eigenvalue weighted by Crippen LogP contribution is -2.45. The van der Waals surface area contributed by atoms with Crippen LogP contribution in [0.15, 0.2) is 58.5 Å². The van der Waals surface area contributed by atoms with Crippen molar-refractivity contribution >= 4 is 52.0 Å². The molecule has 34 heavy (non-hydrogen) atoms. The molecule has 0 saturated carbocycles. The van der Waals surface area contributed by atoms with Crippen LogP contribution in [0, 0.1) is 0 Å². The molecule has 1 fully saturated rings. The number of likely N-dealkylation sites (N-methyl/N-ethyl adjacent to an activating group) is 1. The summed E-state index contributed by atoms with van der Waals surface area (Å²) in [6.45, 7) is 5.74. The fourth-order valence-corrected chi connectivity index (χ4v) is 4.84. The Balaban J connectivity index is 1.38. The molecule has 3 heterocycles. The Morgan fingerprint density at radius 1 is 0.882 bits per heavy atom. The maximum absolute atomic E-state index is 6.33. The number of hydrogen-bond donors (Lipinski definition) is 1. The van der Waals surface area contributed by atoms with E-state index >= 15 is 0 Å². The predicted molar refractivity (Wildman–Crippen MR) is 137 cm³/mol. The maximum atomic E-state index is 6.33. The zero-order chi connectivity index (χ0) is 23.5. The van der Waals surface area contributed by atoms with Gasteiger partial charge in [0.15, 0.2) is 0 Å². The van der Waals surface area contributed by atoms with Gasteiger partial charge in [-0.3, -0.25) is 5.32 Å². The fourth-order valence-electron chi connectivity index (χ4n) is 3.73. The molecular weight excluding hydrogens is 468 g/mol. The topological polar surface area (TPSA) is 83.0 Å². The molecule has 10 heteroatoms. The van der Waals surface area contributed by atoms with Gasteiger partial charge in [0.05, 0.1) is 0 Å². The van der Waals surface area contributed by atoms with Crippen molar-refractivity contribution < 1.29 is 0 Å². The second-order valence-electron chi connectivity index (χ2n) is 8.11. The smallest absolute Gasteiger partial charge is 0.234 e. The summed E-state index contributed by atoms with van der Waals surface area (Å²) < 4.78 is 0. The van der Waals surface area contributed by atoms with Crippen LogP contribution in [0.3, 0.4) is 0 Å². The third-order valence-electron chi connectivity index (χ3n) is 5.61. The minimum absolute atomic E-state index is 0.352. The Morgan fingerprint density at radius 2 is 1.65 bits per heavy atom. The highest BCUT2D eigenvalue weighted by atomic mass is 35.5. The van der Waals surface area contributed by atoms with Gasteiger partial charge in [-0.1, -0.05) is 60.6 Å². The van der Waals surface area contributed by atoms with Gasteiger partial charge in [-0.2, -0.15) is 15.0 Å². The number of aromatic nitrogens is 5. The lowest BCUT2D eigenvalue weighted by atomic mass is 10.1. The predicted octanol–water partition coefficient (Wildman–Crippen LogP) is 4.68. The number of nitrogens with one attached hydrogen (secondary N) is 1. The number of hydrogen-bond acceptors (Lipinski definition) is 9. The first-order valence-corrected chi connectivity index (χ1v) is 12.4. The van der Waals surface area contributed by atoms with Crippen molar-refractivity contribution in [3.63, 3.8) is 0 Å². The third kappa shape index (κ3) is 5.38. The van der Waals surface area contributed by atoms with E-state index in [0.717, 1.165) is 41.9 Å². The lowest BCUT2D eigenvalue weighted by molar-refractivity contribution is 0.311. The molecule has 0 bridgehead atoms. The summed E-state index contributed by atoms with van der Waals surface area (Å²) in [7, 11) is 2.12. The molecule has 2 aromatic heterocycles. The van der Waals surface area contributed by atoms with E-state index in [0.29, 0.717) is 29.4 Å². The first-order chi connectivity index (χ1) is 16.6. The summed E-state index contributed by atoms with van der Waals surface area (Å²) in [5.74, 6) is 2.17. The second kappa shape index (κ2) is 10.1. The number of benzene rings is 2. The Hall–Kier alpha value is -3.01. The molecule has 4 aromatic rings. The highest BCUT2D eigenvalue weighted by molar-refractivity contribution is 7.99. The molecule has 1 aliphatic rings. The number of anilines is 3. The van der Waals surface area contributed by atoms with Crippen LogP contribution in [0.1, 0.15) is 12.7 Å². The molecule has 1 aliphatic heterocycles. The normalized spacial score (nSPS) is 14.5. The lowest BCUT2D eigenvalue weighted by Gasteiger charge is -2.32. The van der Waals surface area contributed by atoms with Gasteiger partial charge in [0.2, 0.25) is 17.8 Å². The third-order valence-corrected chi connectivity index (χ3v) is 6.71. The first-order valence-electron chi connectivity index (χ1n) is 11.2. The van der Waals surface area contributed by atoms with Crippen LogP contribution in [0.5, 0.6) is 0 Å². The molecule has 0 amide bonds. The van der Waals surface area contributed by atoms with Crippen molar-refractivity contribution in [1.82, 2.24) is 29.8 Å². The van der Waals surface area contributed by atoms with E-state index in [4.69, 9.17) is 11.6 Å². The van der Waals surface area contributed by atoms with Gasteiger partial charge in [0, 0.05) is 43.6 Å². The second-order valence-corrected chi connectivity index (χ2v) is 9.59. The Kier molecular flexibility index (Phi) is 6.75. The number of piperazine rings is 1. The summed E-state index contributed by atoms with van der Waals surface area (Å²) in [4.78, 5) is 28.4. The molecule has 0 radical (unpaired) electrons. The van der Waals surface area contributed by atoms with Gasteiger partial charge in [0.25, 0.3) is 0 Å². The quantitative estimate of drug-likeness (QED) is 0.386. The van der Waals surface area contributed by atoms with Crippen LogP contribution < -0.4 is 10.2 Å². The molecule has 0 spiro atoms. The largest absolute Gasteiger partial charge is 0.338 e. The van der Waals surface area contributed by atoms with Crippen molar-refractivity contribution in [2.45, 2.75) is 23.3 Å². The van der Waals surface area contributed by atoms with Crippen LogP contribution in [0.25, 0.3) is 10.8 Å². The average Bonchev–Trinajstić information content (AvgIpc) is 2.84. The fraction of sp³-hybridized carbons (Fsp3) is 0.292. The number of fused-ring (bicyclic) bond motifs is 1. The number of rotatable bonds is 6. The van der Waals surface area contributed by atoms with Crippen molar-refractivity contribution in [2.24, 2.45) is 0 Å². The Morgan fingerprint density at radius 3 is 2.44 bits per heavy atom. The number of nitrogens with zero attached hydrogens (tertiary/aromatic N) is 7.